The number of aliphatic hydroxyl groups excluding tert-OH is 1. The van der Waals surface area contributed by atoms with Gasteiger partial charge in [0, 0.05) is 25.7 Å². The van der Waals surface area contributed by atoms with Gasteiger partial charge < -0.3 is 5.11 Å². The highest BCUT2D eigenvalue weighted by atomic mass is 32.2. The molecule has 2 saturated heterocycles. The molecule has 0 aromatic carbocycles. The van der Waals surface area contributed by atoms with E-state index in [1.54, 1.807) is 15.5 Å². The molecule has 0 aliphatic carbocycles. The highest BCUT2D eigenvalue weighted by molar-refractivity contribution is 7.86. The van der Waals surface area contributed by atoms with Crippen LogP contribution in [-0.2, 0) is 10.2 Å². The Bertz CT molecular complexity index is 375. The molecule has 0 aromatic rings. The summed E-state index contributed by atoms with van der Waals surface area (Å²) in [6.45, 7) is 3.64. The molecule has 1 N–H and O–H groups in total. The van der Waals surface area contributed by atoms with Crippen molar-refractivity contribution in [1.29, 1.82) is 0 Å². The summed E-state index contributed by atoms with van der Waals surface area (Å²) in [5.41, 5.74) is 0. The Balaban J connectivity index is 2.08. The SMILES string of the molecule is CC(O)CC1CCCN1S(=O)(=O)N1CCCCCC1. The van der Waals surface area contributed by atoms with E-state index in [2.05, 4.69) is 0 Å². The zero-order valence-electron chi connectivity index (χ0n) is 11.8. The van der Waals surface area contributed by atoms with Gasteiger partial charge in [-0.25, -0.2) is 0 Å². The molecule has 0 bridgehead atoms. The van der Waals surface area contributed by atoms with Crippen LogP contribution in [0.15, 0.2) is 0 Å². The minimum absolute atomic E-state index is 0.0201. The van der Waals surface area contributed by atoms with E-state index in [1.165, 1.54) is 0 Å². The van der Waals surface area contributed by atoms with Gasteiger partial charge in [0.15, 0.2) is 0 Å². The first-order chi connectivity index (χ1) is 9.01. The van der Waals surface area contributed by atoms with E-state index in [0.29, 0.717) is 26.1 Å². The van der Waals surface area contributed by atoms with Gasteiger partial charge in [0.1, 0.15) is 0 Å². The molecule has 2 heterocycles. The number of rotatable bonds is 4. The lowest BCUT2D eigenvalue weighted by atomic mass is 10.1. The van der Waals surface area contributed by atoms with Crippen LogP contribution in [0, 0.1) is 0 Å². The summed E-state index contributed by atoms with van der Waals surface area (Å²) in [7, 11) is -3.32. The smallest absolute Gasteiger partial charge is 0.282 e. The van der Waals surface area contributed by atoms with E-state index < -0.39 is 16.3 Å². The molecule has 6 heteroatoms. The van der Waals surface area contributed by atoms with Gasteiger partial charge in [-0.1, -0.05) is 12.8 Å². The van der Waals surface area contributed by atoms with Crippen molar-refractivity contribution in [1.82, 2.24) is 8.61 Å². The molecule has 19 heavy (non-hydrogen) atoms. The van der Waals surface area contributed by atoms with Crippen LogP contribution in [0.5, 0.6) is 0 Å². The van der Waals surface area contributed by atoms with Crippen molar-refractivity contribution in [2.75, 3.05) is 19.6 Å². The molecule has 2 atom stereocenters. The second kappa shape index (κ2) is 6.52. The molecular formula is C13H26N2O3S. The van der Waals surface area contributed by atoms with Crippen LogP contribution in [0.3, 0.4) is 0 Å². The van der Waals surface area contributed by atoms with Gasteiger partial charge in [0.2, 0.25) is 0 Å². The van der Waals surface area contributed by atoms with Crippen molar-refractivity contribution in [3.63, 3.8) is 0 Å². The summed E-state index contributed by atoms with van der Waals surface area (Å²) in [4.78, 5) is 0. The van der Waals surface area contributed by atoms with Gasteiger partial charge in [-0.2, -0.15) is 17.0 Å². The van der Waals surface area contributed by atoms with E-state index in [1.807, 2.05) is 0 Å². The number of nitrogens with zero attached hydrogens (tertiary/aromatic N) is 2. The van der Waals surface area contributed by atoms with Crippen molar-refractivity contribution in [2.45, 2.75) is 64.0 Å². The normalized spacial score (nSPS) is 29.3. The number of hydrogen-bond donors (Lipinski definition) is 1. The predicted octanol–water partition coefficient (Wildman–Crippen LogP) is 1.34. The van der Waals surface area contributed by atoms with Crippen LogP contribution >= 0.6 is 0 Å². The first kappa shape index (κ1) is 15.2. The Morgan fingerprint density at radius 2 is 1.74 bits per heavy atom. The fourth-order valence-corrected chi connectivity index (χ4v) is 5.11. The summed E-state index contributed by atoms with van der Waals surface area (Å²) >= 11 is 0. The van der Waals surface area contributed by atoms with Crippen LogP contribution in [0.4, 0.5) is 0 Å². The van der Waals surface area contributed by atoms with Crippen LogP contribution in [0.25, 0.3) is 0 Å². The Labute approximate surface area is 116 Å². The fraction of sp³-hybridized carbons (Fsp3) is 1.00. The Kier molecular flexibility index (Phi) is 5.22. The molecule has 2 aliphatic heterocycles. The van der Waals surface area contributed by atoms with Gasteiger partial charge in [-0.05, 0) is 39.0 Å². The molecule has 5 nitrogen and oxygen atoms in total. The van der Waals surface area contributed by atoms with E-state index in [4.69, 9.17) is 0 Å². The van der Waals surface area contributed by atoms with Crippen LogP contribution in [-0.4, -0.2) is 53.9 Å². The number of hydrogen-bond acceptors (Lipinski definition) is 3. The molecule has 0 aromatic heterocycles. The lowest BCUT2D eigenvalue weighted by Gasteiger charge is -2.30. The van der Waals surface area contributed by atoms with Crippen molar-refractivity contribution in [3.8, 4) is 0 Å². The topological polar surface area (TPSA) is 60.9 Å². The summed E-state index contributed by atoms with van der Waals surface area (Å²) in [5, 5.41) is 9.52. The van der Waals surface area contributed by atoms with Gasteiger partial charge >= 0.3 is 0 Å². The lowest BCUT2D eigenvalue weighted by molar-refractivity contribution is 0.156. The second-order valence-corrected chi connectivity index (χ2v) is 7.69. The maximum Gasteiger partial charge on any atom is 0.282 e. The molecule has 0 saturated carbocycles. The third kappa shape index (κ3) is 3.68. The predicted molar refractivity (Wildman–Crippen MR) is 75.0 cm³/mol. The zero-order chi connectivity index (χ0) is 13.9. The largest absolute Gasteiger partial charge is 0.393 e. The molecule has 112 valence electrons. The van der Waals surface area contributed by atoms with Gasteiger partial charge in [0.25, 0.3) is 10.2 Å². The molecule has 0 radical (unpaired) electrons. The second-order valence-electron chi connectivity index (χ2n) is 5.81. The first-order valence-electron chi connectivity index (χ1n) is 7.47. The maximum absolute atomic E-state index is 12.7. The maximum atomic E-state index is 12.7. The average Bonchev–Trinajstić information content (AvgIpc) is 2.64. The summed E-state index contributed by atoms with van der Waals surface area (Å²) in [6.07, 6.45) is 6.08. The molecule has 2 rings (SSSR count). The van der Waals surface area contributed by atoms with Crippen molar-refractivity contribution in [2.24, 2.45) is 0 Å². The highest BCUT2D eigenvalue weighted by Crippen LogP contribution is 2.27. The third-order valence-electron chi connectivity index (χ3n) is 4.12. The lowest BCUT2D eigenvalue weighted by Crippen LogP contribution is -2.47. The molecule has 2 aliphatic rings. The third-order valence-corrected chi connectivity index (χ3v) is 6.22. The highest BCUT2D eigenvalue weighted by Gasteiger charge is 2.38. The first-order valence-corrected chi connectivity index (χ1v) is 8.86. The van der Waals surface area contributed by atoms with Crippen LogP contribution < -0.4 is 0 Å². The van der Waals surface area contributed by atoms with E-state index in [9.17, 15) is 13.5 Å². The Hall–Kier alpha value is -0.170. The van der Waals surface area contributed by atoms with Crippen LogP contribution in [0.1, 0.15) is 51.9 Å². The van der Waals surface area contributed by atoms with Crippen LogP contribution in [0.2, 0.25) is 0 Å². The number of aliphatic hydroxyl groups is 1. The zero-order valence-corrected chi connectivity index (χ0v) is 12.6. The molecular weight excluding hydrogens is 264 g/mol. The van der Waals surface area contributed by atoms with Crippen molar-refractivity contribution >= 4 is 10.2 Å². The monoisotopic (exact) mass is 290 g/mol. The van der Waals surface area contributed by atoms with Gasteiger partial charge in [-0.15, -0.1) is 0 Å². The summed E-state index contributed by atoms with van der Waals surface area (Å²) in [5.74, 6) is 0. The summed E-state index contributed by atoms with van der Waals surface area (Å²) < 4.78 is 28.7. The minimum Gasteiger partial charge on any atom is -0.393 e. The molecule has 2 unspecified atom stereocenters. The molecule has 0 spiro atoms. The summed E-state index contributed by atoms with van der Waals surface area (Å²) in [6, 6.07) is -0.0201. The van der Waals surface area contributed by atoms with E-state index in [0.717, 1.165) is 38.5 Å². The quantitative estimate of drug-likeness (QED) is 0.850. The fourth-order valence-electron chi connectivity index (χ4n) is 3.16. The molecule has 0 amide bonds. The van der Waals surface area contributed by atoms with E-state index >= 15 is 0 Å². The van der Waals surface area contributed by atoms with Crippen molar-refractivity contribution < 1.29 is 13.5 Å². The minimum atomic E-state index is -3.32. The Morgan fingerprint density at radius 3 is 2.32 bits per heavy atom. The average molecular weight is 290 g/mol. The Morgan fingerprint density at radius 1 is 1.11 bits per heavy atom. The van der Waals surface area contributed by atoms with E-state index in [-0.39, 0.29) is 6.04 Å². The van der Waals surface area contributed by atoms with Crippen molar-refractivity contribution in [3.05, 3.63) is 0 Å². The standard InChI is InChI=1S/C13H26N2O3S/c1-12(16)11-13-7-6-10-15(13)19(17,18)14-8-4-2-3-5-9-14/h12-13,16H,2-11H2,1H3. The van der Waals surface area contributed by atoms with Gasteiger partial charge in [-0.3, -0.25) is 0 Å². The van der Waals surface area contributed by atoms with Gasteiger partial charge in [0.05, 0.1) is 6.10 Å². The molecule has 2 fully saturated rings.